The number of aliphatic hydroxyl groups excluding tert-OH is 1. The quantitative estimate of drug-likeness (QED) is 0.832. The third-order valence-electron chi connectivity index (χ3n) is 3.93. The molecule has 1 aliphatic heterocycles. The predicted molar refractivity (Wildman–Crippen MR) is 86.8 cm³/mol. The Hall–Kier alpha value is -2.21. The van der Waals surface area contributed by atoms with Crippen molar-refractivity contribution in [2.24, 2.45) is 5.92 Å². The van der Waals surface area contributed by atoms with E-state index in [1.54, 1.807) is 6.07 Å². The largest absolute Gasteiger partial charge is 0.503 e. The summed E-state index contributed by atoms with van der Waals surface area (Å²) in [5, 5.41) is 10.2. The van der Waals surface area contributed by atoms with Gasteiger partial charge < -0.3 is 14.7 Å². The summed E-state index contributed by atoms with van der Waals surface area (Å²) in [5.74, 6) is -2.08. The number of ether oxygens (including phenoxy) is 1. The number of carbonyl (C=O) groups is 2. The minimum absolute atomic E-state index is 0.0325. The lowest BCUT2D eigenvalue weighted by Gasteiger charge is -2.27. The van der Waals surface area contributed by atoms with E-state index in [-0.39, 0.29) is 42.4 Å². The van der Waals surface area contributed by atoms with Crippen molar-refractivity contribution in [2.45, 2.75) is 26.3 Å². The molecule has 0 bridgehead atoms. The van der Waals surface area contributed by atoms with Gasteiger partial charge in [-0.2, -0.15) is 0 Å². The van der Waals surface area contributed by atoms with Crippen LogP contribution in [-0.2, 0) is 14.3 Å². The molecule has 1 heterocycles. The Morgan fingerprint density at radius 2 is 2.04 bits per heavy atom. The minimum Gasteiger partial charge on any atom is -0.503 e. The number of hydrogen-bond donors (Lipinski definition) is 1. The molecule has 24 heavy (non-hydrogen) atoms. The number of benzene rings is 1. The van der Waals surface area contributed by atoms with Crippen molar-refractivity contribution in [2.75, 3.05) is 20.3 Å². The van der Waals surface area contributed by atoms with Crippen LogP contribution in [0, 0.1) is 11.7 Å². The maximum absolute atomic E-state index is 14.3. The highest BCUT2D eigenvalue weighted by molar-refractivity contribution is 6.09. The summed E-state index contributed by atoms with van der Waals surface area (Å²) < 4.78 is 19.3. The van der Waals surface area contributed by atoms with E-state index in [9.17, 15) is 19.1 Å². The van der Waals surface area contributed by atoms with Crippen molar-refractivity contribution in [1.82, 2.24) is 4.90 Å². The van der Waals surface area contributed by atoms with E-state index in [0.717, 1.165) is 0 Å². The molecule has 5 nitrogen and oxygen atoms in total. The zero-order valence-corrected chi connectivity index (χ0v) is 14.1. The number of rotatable bonds is 7. The monoisotopic (exact) mass is 335 g/mol. The molecule has 1 unspecified atom stereocenters. The maximum Gasteiger partial charge on any atom is 0.290 e. The highest BCUT2D eigenvalue weighted by atomic mass is 19.1. The third-order valence-corrected chi connectivity index (χ3v) is 3.93. The van der Waals surface area contributed by atoms with Gasteiger partial charge in [0.2, 0.25) is 0 Å². The molecule has 1 N–H and O–H groups in total. The number of nitrogens with zero attached hydrogens (tertiary/aromatic N) is 1. The fraction of sp³-hybridized carbons (Fsp3) is 0.444. The minimum atomic E-state index is -0.930. The smallest absolute Gasteiger partial charge is 0.290 e. The van der Waals surface area contributed by atoms with Crippen LogP contribution in [0.5, 0.6) is 0 Å². The van der Waals surface area contributed by atoms with Crippen LogP contribution in [0.1, 0.15) is 31.9 Å². The Morgan fingerprint density at radius 1 is 1.38 bits per heavy atom. The topological polar surface area (TPSA) is 66.8 Å². The standard InChI is InChI=1S/C18H22FNO4/c1-11(2)10-14(21)15-16(12-6-4-5-7-13(12)19)20(8-9-24-3)18(23)17(15)22/h4-7,11,16,22H,8-10H2,1-3H3. The SMILES string of the molecule is COCCN1C(=O)C(O)=C(C(=O)CC(C)C)C1c1ccccc1F. The van der Waals surface area contributed by atoms with Gasteiger partial charge >= 0.3 is 0 Å². The van der Waals surface area contributed by atoms with E-state index in [2.05, 4.69) is 0 Å². The molecule has 6 heteroatoms. The molecule has 130 valence electrons. The molecule has 0 saturated carbocycles. The molecular weight excluding hydrogens is 313 g/mol. The lowest BCUT2D eigenvalue weighted by Crippen LogP contribution is -2.34. The van der Waals surface area contributed by atoms with Crippen LogP contribution in [0.25, 0.3) is 0 Å². The second-order valence-corrected chi connectivity index (χ2v) is 6.20. The number of aliphatic hydroxyl groups is 1. The molecule has 0 spiro atoms. The number of amides is 1. The Balaban J connectivity index is 2.50. The number of hydrogen-bond acceptors (Lipinski definition) is 4. The molecule has 2 rings (SSSR count). The van der Waals surface area contributed by atoms with Crippen molar-refractivity contribution in [3.63, 3.8) is 0 Å². The molecule has 0 aromatic heterocycles. The van der Waals surface area contributed by atoms with Gasteiger partial charge in [-0.1, -0.05) is 32.0 Å². The first-order valence-corrected chi connectivity index (χ1v) is 7.89. The van der Waals surface area contributed by atoms with Crippen molar-refractivity contribution >= 4 is 11.7 Å². The van der Waals surface area contributed by atoms with Crippen LogP contribution in [-0.4, -0.2) is 42.0 Å². The van der Waals surface area contributed by atoms with Crippen LogP contribution in [0.3, 0.4) is 0 Å². The highest BCUT2D eigenvalue weighted by Gasteiger charge is 2.44. The van der Waals surface area contributed by atoms with Gasteiger partial charge in [0.1, 0.15) is 5.82 Å². The number of methoxy groups -OCH3 is 1. The Bertz CT molecular complexity index is 669. The van der Waals surface area contributed by atoms with Crippen molar-refractivity contribution in [3.8, 4) is 0 Å². The van der Waals surface area contributed by atoms with Gasteiger partial charge in [0.15, 0.2) is 11.5 Å². The number of carbonyl (C=O) groups excluding carboxylic acids is 2. The fourth-order valence-electron chi connectivity index (χ4n) is 2.86. The normalized spacial score (nSPS) is 18.0. The number of halogens is 1. The van der Waals surface area contributed by atoms with E-state index in [1.807, 2.05) is 13.8 Å². The molecule has 0 radical (unpaired) electrons. The molecule has 0 aliphatic carbocycles. The predicted octanol–water partition coefficient (Wildman–Crippen LogP) is 2.78. The highest BCUT2D eigenvalue weighted by Crippen LogP contribution is 2.39. The van der Waals surface area contributed by atoms with Crippen LogP contribution in [0.4, 0.5) is 4.39 Å². The van der Waals surface area contributed by atoms with Crippen LogP contribution in [0.2, 0.25) is 0 Å². The van der Waals surface area contributed by atoms with Gasteiger partial charge in [0.05, 0.1) is 18.2 Å². The van der Waals surface area contributed by atoms with Crippen molar-refractivity contribution in [3.05, 3.63) is 47.0 Å². The van der Waals surface area contributed by atoms with E-state index in [4.69, 9.17) is 4.74 Å². The maximum atomic E-state index is 14.3. The molecule has 1 aromatic carbocycles. The number of Topliss-reactive ketones (excluding diaryl/α,β-unsaturated/α-hetero) is 1. The second kappa shape index (κ2) is 7.57. The third kappa shape index (κ3) is 3.48. The summed E-state index contributed by atoms with van der Waals surface area (Å²) in [5.41, 5.74) is 0.160. The first-order chi connectivity index (χ1) is 11.4. The Morgan fingerprint density at radius 3 is 2.62 bits per heavy atom. The van der Waals surface area contributed by atoms with Crippen LogP contribution >= 0.6 is 0 Å². The van der Waals surface area contributed by atoms with Gasteiger partial charge in [-0.25, -0.2) is 4.39 Å². The Labute approximate surface area is 140 Å². The van der Waals surface area contributed by atoms with E-state index >= 15 is 0 Å². The number of ketones is 1. The molecule has 1 amide bonds. The Kier molecular flexibility index (Phi) is 5.72. The van der Waals surface area contributed by atoms with Gasteiger partial charge in [0, 0.05) is 25.6 Å². The molecule has 1 aliphatic rings. The van der Waals surface area contributed by atoms with Gasteiger partial charge in [-0.3, -0.25) is 9.59 Å². The fourth-order valence-corrected chi connectivity index (χ4v) is 2.86. The first-order valence-electron chi connectivity index (χ1n) is 7.89. The van der Waals surface area contributed by atoms with Gasteiger partial charge in [-0.05, 0) is 12.0 Å². The zero-order valence-electron chi connectivity index (χ0n) is 14.1. The van der Waals surface area contributed by atoms with Gasteiger partial charge in [-0.15, -0.1) is 0 Å². The summed E-state index contributed by atoms with van der Waals surface area (Å²) in [6.45, 7) is 4.10. The molecule has 1 atom stereocenters. The van der Waals surface area contributed by atoms with Gasteiger partial charge in [0.25, 0.3) is 5.91 Å². The summed E-state index contributed by atoms with van der Waals surface area (Å²) in [4.78, 5) is 26.3. The molecule has 1 aromatic rings. The lowest BCUT2D eigenvalue weighted by molar-refractivity contribution is -0.130. The average Bonchev–Trinajstić information content (AvgIpc) is 2.77. The van der Waals surface area contributed by atoms with Crippen LogP contribution in [0.15, 0.2) is 35.6 Å². The van der Waals surface area contributed by atoms with Crippen LogP contribution < -0.4 is 0 Å². The summed E-state index contributed by atoms with van der Waals surface area (Å²) in [6.07, 6.45) is 0.176. The average molecular weight is 335 g/mol. The molecule has 0 saturated heterocycles. The first kappa shape index (κ1) is 18.1. The zero-order chi connectivity index (χ0) is 17.9. The second-order valence-electron chi connectivity index (χ2n) is 6.20. The summed E-state index contributed by atoms with van der Waals surface area (Å²) >= 11 is 0. The summed E-state index contributed by atoms with van der Waals surface area (Å²) in [7, 11) is 1.48. The van der Waals surface area contributed by atoms with E-state index in [1.165, 1.54) is 30.2 Å². The van der Waals surface area contributed by atoms with Crippen molar-refractivity contribution < 1.29 is 23.8 Å². The molecule has 0 fully saturated rings. The molecular formula is C18H22FNO4. The van der Waals surface area contributed by atoms with Crippen molar-refractivity contribution in [1.29, 1.82) is 0 Å². The van der Waals surface area contributed by atoms with E-state index < -0.39 is 23.5 Å². The van der Waals surface area contributed by atoms with E-state index in [0.29, 0.717) is 0 Å². The lowest BCUT2D eigenvalue weighted by atomic mass is 9.92. The summed E-state index contributed by atoms with van der Waals surface area (Å²) in [6, 6.07) is 5.04.